The summed E-state index contributed by atoms with van der Waals surface area (Å²) in [5.41, 5.74) is 1.13. The van der Waals surface area contributed by atoms with E-state index in [-0.39, 0.29) is 6.04 Å². The monoisotopic (exact) mass is 232 g/mol. The van der Waals surface area contributed by atoms with Gasteiger partial charge in [0.15, 0.2) is 0 Å². The topological polar surface area (TPSA) is 62.2 Å². The van der Waals surface area contributed by atoms with Crippen molar-refractivity contribution >= 4 is 12.0 Å². The van der Waals surface area contributed by atoms with Crippen LogP contribution in [0.15, 0.2) is 30.6 Å². The molecule has 2 atom stereocenters. The molecular formula is C13H16N2O2. The van der Waals surface area contributed by atoms with Gasteiger partial charge in [-0.05, 0) is 43.0 Å². The molecule has 0 spiro atoms. The number of hydrogen-bond donors (Lipinski definition) is 2. The van der Waals surface area contributed by atoms with E-state index in [1.807, 2.05) is 12.1 Å². The van der Waals surface area contributed by atoms with Crippen molar-refractivity contribution in [1.29, 1.82) is 0 Å². The van der Waals surface area contributed by atoms with Gasteiger partial charge in [-0.2, -0.15) is 0 Å². The zero-order chi connectivity index (χ0) is 12.1. The Hall–Kier alpha value is -1.68. The molecule has 0 bridgehead atoms. The first kappa shape index (κ1) is 11.8. The molecule has 4 heteroatoms. The van der Waals surface area contributed by atoms with Crippen LogP contribution in [0.4, 0.5) is 0 Å². The Kier molecular flexibility index (Phi) is 3.88. The first-order valence-electron chi connectivity index (χ1n) is 5.78. The molecule has 17 heavy (non-hydrogen) atoms. The van der Waals surface area contributed by atoms with Crippen LogP contribution in [-0.2, 0) is 4.79 Å². The molecule has 0 radical (unpaired) electrons. The van der Waals surface area contributed by atoms with Crippen molar-refractivity contribution in [2.24, 2.45) is 5.92 Å². The van der Waals surface area contributed by atoms with E-state index in [0.29, 0.717) is 5.92 Å². The van der Waals surface area contributed by atoms with E-state index >= 15 is 0 Å². The molecule has 90 valence electrons. The van der Waals surface area contributed by atoms with Crippen LogP contribution >= 0.6 is 0 Å². The molecule has 1 aromatic heterocycles. The van der Waals surface area contributed by atoms with E-state index in [9.17, 15) is 4.79 Å². The van der Waals surface area contributed by atoms with Crippen molar-refractivity contribution in [3.05, 3.63) is 36.2 Å². The van der Waals surface area contributed by atoms with Gasteiger partial charge in [0.05, 0.1) is 0 Å². The van der Waals surface area contributed by atoms with E-state index in [1.165, 1.54) is 0 Å². The number of aromatic nitrogens is 1. The number of nitrogens with zero attached hydrogens (tertiary/aromatic N) is 1. The SMILES string of the molecule is O=C(O)C1CC(C/C=C/c2ccncc2)CN1. The zero-order valence-corrected chi connectivity index (χ0v) is 9.54. The van der Waals surface area contributed by atoms with E-state index in [0.717, 1.165) is 24.9 Å². The summed E-state index contributed by atoms with van der Waals surface area (Å²) >= 11 is 0. The Morgan fingerprint density at radius 1 is 1.53 bits per heavy atom. The van der Waals surface area contributed by atoms with Gasteiger partial charge in [0.2, 0.25) is 0 Å². The Labute approximate surface area is 100 Å². The molecule has 1 aliphatic heterocycles. The number of carboxylic acid groups (broad SMARTS) is 1. The number of allylic oxidation sites excluding steroid dienone is 1. The molecule has 2 N–H and O–H groups in total. The summed E-state index contributed by atoms with van der Waals surface area (Å²) in [6.07, 6.45) is 9.31. The van der Waals surface area contributed by atoms with Gasteiger partial charge in [-0.15, -0.1) is 0 Å². The third-order valence-electron chi connectivity index (χ3n) is 3.01. The lowest BCUT2D eigenvalue weighted by Gasteiger charge is -2.03. The maximum Gasteiger partial charge on any atom is 0.320 e. The summed E-state index contributed by atoms with van der Waals surface area (Å²) in [5, 5.41) is 11.9. The van der Waals surface area contributed by atoms with Crippen LogP contribution in [0.2, 0.25) is 0 Å². The van der Waals surface area contributed by atoms with Gasteiger partial charge in [-0.25, -0.2) is 0 Å². The maximum atomic E-state index is 10.8. The summed E-state index contributed by atoms with van der Waals surface area (Å²) in [7, 11) is 0. The molecule has 4 nitrogen and oxygen atoms in total. The average Bonchev–Trinajstić information content (AvgIpc) is 2.79. The minimum absolute atomic E-state index is 0.366. The number of rotatable bonds is 4. The fourth-order valence-electron chi connectivity index (χ4n) is 2.05. The highest BCUT2D eigenvalue weighted by molar-refractivity contribution is 5.73. The van der Waals surface area contributed by atoms with Crippen molar-refractivity contribution < 1.29 is 9.90 Å². The van der Waals surface area contributed by atoms with Gasteiger partial charge in [0.25, 0.3) is 0 Å². The van der Waals surface area contributed by atoms with E-state index in [1.54, 1.807) is 12.4 Å². The number of pyridine rings is 1. The second kappa shape index (κ2) is 5.59. The largest absolute Gasteiger partial charge is 0.480 e. The molecular weight excluding hydrogens is 216 g/mol. The highest BCUT2D eigenvalue weighted by atomic mass is 16.4. The fourth-order valence-corrected chi connectivity index (χ4v) is 2.05. The van der Waals surface area contributed by atoms with Crippen molar-refractivity contribution in [2.45, 2.75) is 18.9 Å². The highest BCUT2D eigenvalue weighted by Crippen LogP contribution is 2.18. The number of aliphatic carboxylic acids is 1. The molecule has 1 saturated heterocycles. The molecule has 1 aromatic rings. The molecule has 2 rings (SSSR count). The minimum Gasteiger partial charge on any atom is -0.480 e. The predicted octanol–water partition coefficient (Wildman–Crippen LogP) is 1.55. The van der Waals surface area contributed by atoms with Crippen LogP contribution in [0.25, 0.3) is 6.08 Å². The molecule has 1 aliphatic rings. The highest BCUT2D eigenvalue weighted by Gasteiger charge is 2.27. The van der Waals surface area contributed by atoms with Crippen LogP contribution in [0.5, 0.6) is 0 Å². The zero-order valence-electron chi connectivity index (χ0n) is 9.54. The Bertz CT molecular complexity index is 403. The van der Waals surface area contributed by atoms with Crippen molar-refractivity contribution in [2.75, 3.05) is 6.54 Å². The van der Waals surface area contributed by atoms with Crippen molar-refractivity contribution in [3.63, 3.8) is 0 Å². The maximum absolute atomic E-state index is 10.8. The van der Waals surface area contributed by atoms with Crippen molar-refractivity contribution in [3.8, 4) is 0 Å². The summed E-state index contributed by atoms with van der Waals surface area (Å²) in [6, 6.07) is 3.53. The molecule has 2 heterocycles. The summed E-state index contributed by atoms with van der Waals surface area (Å²) in [6.45, 7) is 0.789. The molecule has 2 unspecified atom stereocenters. The third-order valence-corrected chi connectivity index (χ3v) is 3.01. The van der Waals surface area contributed by atoms with E-state index in [4.69, 9.17) is 5.11 Å². The Morgan fingerprint density at radius 3 is 2.94 bits per heavy atom. The number of nitrogens with one attached hydrogen (secondary N) is 1. The summed E-state index contributed by atoms with van der Waals surface area (Å²) < 4.78 is 0. The van der Waals surface area contributed by atoms with E-state index < -0.39 is 5.97 Å². The first-order chi connectivity index (χ1) is 8.25. The predicted molar refractivity (Wildman–Crippen MR) is 65.4 cm³/mol. The molecule has 0 aromatic carbocycles. The van der Waals surface area contributed by atoms with E-state index in [2.05, 4.69) is 22.5 Å². The van der Waals surface area contributed by atoms with Crippen LogP contribution in [0, 0.1) is 5.92 Å². The Balaban J connectivity index is 1.80. The van der Waals surface area contributed by atoms with Crippen LogP contribution in [0.3, 0.4) is 0 Å². The second-order valence-electron chi connectivity index (χ2n) is 4.32. The fraction of sp³-hybridized carbons (Fsp3) is 0.385. The van der Waals surface area contributed by atoms with Crippen LogP contribution in [-0.4, -0.2) is 28.6 Å². The quantitative estimate of drug-likeness (QED) is 0.826. The lowest BCUT2D eigenvalue weighted by atomic mass is 10.0. The van der Waals surface area contributed by atoms with Gasteiger partial charge in [-0.3, -0.25) is 9.78 Å². The number of carboxylic acids is 1. The molecule has 0 saturated carbocycles. The van der Waals surface area contributed by atoms with Crippen molar-refractivity contribution in [1.82, 2.24) is 10.3 Å². The molecule has 0 amide bonds. The van der Waals surface area contributed by atoms with Gasteiger partial charge < -0.3 is 10.4 Å². The standard InChI is InChI=1S/C13H16N2O2/c16-13(17)12-8-11(9-15-12)3-1-2-10-4-6-14-7-5-10/h1-2,4-7,11-12,15H,3,8-9H2,(H,16,17)/b2-1+. The summed E-state index contributed by atoms with van der Waals surface area (Å²) in [5.74, 6) is -0.320. The second-order valence-corrected chi connectivity index (χ2v) is 4.32. The third kappa shape index (κ3) is 3.39. The normalized spacial score (nSPS) is 24.2. The average molecular weight is 232 g/mol. The molecule has 1 fully saturated rings. The minimum atomic E-state index is -0.745. The van der Waals surface area contributed by atoms with Gasteiger partial charge >= 0.3 is 5.97 Å². The van der Waals surface area contributed by atoms with Gasteiger partial charge in [0, 0.05) is 12.4 Å². The smallest absolute Gasteiger partial charge is 0.320 e. The lowest BCUT2D eigenvalue weighted by Crippen LogP contribution is -2.29. The van der Waals surface area contributed by atoms with Gasteiger partial charge in [0.1, 0.15) is 6.04 Å². The first-order valence-corrected chi connectivity index (χ1v) is 5.78. The van der Waals surface area contributed by atoms with Crippen LogP contribution in [0.1, 0.15) is 18.4 Å². The summed E-state index contributed by atoms with van der Waals surface area (Å²) in [4.78, 5) is 14.7. The number of carbonyl (C=O) groups is 1. The Morgan fingerprint density at radius 2 is 2.29 bits per heavy atom. The number of hydrogen-bond acceptors (Lipinski definition) is 3. The van der Waals surface area contributed by atoms with Gasteiger partial charge in [-0.1, -0.05) is 12.2 Å². The van der Waals surface area contributed by atoms with Crippen LogP contribution < -0.4 is 5.32 Å². The lowest BCUT2D eigenvalue weighted by molar-refractivity contribution is -0.139. The molecule has 0 aliphatic carbocycles.